The smallest absolute Gasteiger partial charge is 0.129 e. The van der Waals surface area contributed by atoms with E-state index < -0.39 is 0 Å². The molecule has 0 saturated heterocycles. The molecule has 110 valence electrons. The van der Waals surface area contributed by atoms with Crippen molar-refractivity contribution >= 4 is 29.0 Å². The van der Waals surface area contributed by atoms with Crippen molar-refractivity contribution in [3.63, 3.8) is 0 Å². The molecule has 1 heterocycles. The molecule has 1 aromatic carbocycles. The number of benzene rings is 1. The Balaban J connectivity index is 1.87. The van der Waals surface area contributed by atoms with Crippen molar-refractivity contribution in [1.82, 2.24) is 9.78 Å². The van der Waals surface area contributed by atoms with E-state index in [1.165, 1.54) is 19.3 Å². The molecule has 3 nitrogen and oxygen atoms in total. The minimum Gasteiger partial charge on any atom is -0.383 e. The van der Waals surface area contributed by atoms with Crippen molar-refractivity contribution < 1.29 is 0 Å². The highest BCUT2D eigenvalue weighted by Gasteiger charge is 2.47. The first-order valence-electron chi connectivity index (χ1n) is 7.33. The van der Waals surface area contributed by atoms with Crippen LogP contribution in [0.25, 0.3) is 11.1 Å². The molecule has 21 heavy (non-hydrogen) atoms. The quantitative estimate of drug-likeness (QED) is 0.885. The number of hydrogen-bond donors (Lipinski definition) is 1. The second kappa shape index (κ2) is 4.65. The Bertz CT molecular complexity index is 692. The van der Waals surface area contributed by atoms with Crippen molar-refractivity contribution in [2.45, 2.75) is 25.2 Å². The summed E-state index contributed by atoms with van der Waals surface area (Å²) in [6.45, 7) is 0. The first-order valence-corrected chi connectivity index (χ1v) is 8.08. The van der Waals surface area contributed by atoms with Crippen LogP contribution in [-0.2, 0) is 7.05 Å². The first-order chi connectivity index (χ1) is 10.1. The van der Waals surface area contributed by atoms with Crippen LogP contribution in [-0.4, -0.2) is 9.78 Å². The predicted octanol–water partition coefficient (Wildman–Crippen LogP) is 4.49. The van der Waals surface area contributed by atoms with Gasteiger partial charge in [-0.1, -0.05) is 29.3 Å². The molecule has 2 fully saturated rings. The molecule has 0 spiro atoms. The number of anilines is 1. The number of fused-ring (bicyclic) bond motifs is 1. The van der Waals surface area contributed by atoms with Crippen molar-refractivity contribution in [2.75, 3.05) is 5.73 Å². The fourth-order valence-corrected chi connectivity index (χ4v) is 4.36. The summed E-state index contributed by atoms with van der Waals surface area (Å²) in [7, 11) is 1.88. The Labute approximate surface area is 134 Å². The van der Waals surface area contributed by atoms with Crippen LogP contribution in [0.3, 0.4) is 0 Å². The molecule has 1 aromatic heterocycles. The van der Waals surface area contributed by atoms with Gasteiger partial charge in [0.05, 0.1) is 21.3 Å². The van der Waals surface area contributed by atoms with Gasteiger partial charge in [-0.2, -0.15) is 5.10 Å². The zero-order valence-corrected chi connectivity index (χ0v) is 13.3. The molecule has 2 aromatic rings. The lowest BCUT2D eigenvalue weighted by Gasteiger charge is -2.13. The molecule has 5 heteroatoms. The van der Waals surface area contributed by atoms with Gasteiger partial charge in [0, 0.05) is 18.5 Å². The maximum Gasteiger partial charge on any atom is 0.129 e. The zero-order valence-electron chi connectivity index (χ0n) is 11.8. The molecule has 0 amide bonds. The largest absolute Gasteiger partial charge is 0.383 e. The van der Waals surface area contributed by atoms with E-state index in [9.17, 15) is 0 Å². The van der Waals surface area contributed by atoms with Gasteiger partial charge in [-0.25, -0.2) is 0 Å². The summed E-state index contributed by atoms with van der Waals surface area (Å²) in [4.78, 5) is 0. The van der Waals surface area contributed by atoms with E-state index in [4.69, 9.17) is 28.9 Å². The van der Waals surface area contributed by atoms with Crippen LogP contribution < -0.4 is 5.73 Å². The van der Waals surface area contributed by atoms with E-state index in [-0.39, 0.29) is 0 Å². The lowest BCUT2D eigenvalue weighted by atomic mass is 9.93. The molecule has 2 saturated carbocycles. The topological polar surface area (TPSA) is 43.8 Å². The molecule has 0 aliphatic heterocycles. The minimum absolute atomic E-state index is 0.486. The highest BCUT2D eigenvalue weighted by atomic mass is 35.5. The summed E-state index contributed by atoms with van der Waals surface area (Å²) in [6.07, 6.45) is 3.83. The third-order valence-corrected chi connectivity index (χ3v) is 5.59. The fourth-order valence-electron chi connectivity index (χ4n) is 3.78. The Kier molecular flexibility index (Phi) is 2.98. The normalized spacial score (nSPS) is 26.9. The van der Waals surface area contributed by atoms with Crippen LogP contribution in [0.4, 0.5) is 5.82 Å². The van der Waals surface area contributed by atoms with Gasteiger partial charge in [-0.3, -0.25) is 4.68 Å². The van der Waals surface area contributed by atoms with Gasteiger partial charge >= 0.3 is 0 Å². The SMILES string of the molecule is Cn1nc(C2CC3CC3C2)c(-c2c(Cl)cccc2Cl)c1N. The van der Waals surface area contributed by atoms with E-state index in [1.54, 1.807) is 4.68 Å². The Morgan fingerprint density at radius 3 is 2.33 bits per heavy atom. The number of aromatic nitrogens is 2. The third kappa shape index (κ3) is 2.06. The van der Waals surface area contributed by atoms with Gasteiger partial charge in [0.25, 0.3) is 0 Å². The Morgan fingerprint density at radius 1 is 1.10 bits per heavy atom. The molecule has 2 N–H and O–H groups in total. The van der Waals surface area contributed by atoms with Crippen LogP contribution in [0.15, 0.2) is 18.2 Å². The summed E-state index contributed by atoms with van der Waals surface area (Å²) in [6, 6.07) is 5.56. The van der Waals surface area contributed by atoms with Crippen LogP contribution in [0.5, 0.6) is 0 Å². The van der Waals surface area contributed by atoms with Gasteiger partial charge in [0.15, 0.2) is 0 Å². The molecule has 2 atom stereocenters. The van der Waals surface area contributed by atoms with E-state index in [1.807, 2.05) is 25.2 Å². The molecular formula is C16H17Cl2N3. The first kappa shape index (κ1) is 13.5. The average Bonchev–Trinajstić information content (AvgIpc) is 2.94. The molecule has 2 aliphatic rings. The average molecular weight is 322 g/mol. The molecular weight excluding hydrogens is 305 g/mol. The number of halogens is 2. The van der Waals surface area contributed by atoms with Crippen LogP contribution in [0.1, 0.15) is 30.9 Å². The lowest BCUT2D eigenvalue weighted by Crippen LogP contribution is -2.00. The number of nitrogens with two attached hydrogens (primary N) is 1. The van der Waals surface area contributed by atoms with Gasteiger partial charge < -0.3 is 5.73 Å². The van der Waals surface area contributed by atoms with Crippen molar-refractivity contribution in [3.8, 4) is 11.1 Å². The summed E-state index contributed by atoms with van der Waals surface area (Å²) in [5.41, 5.74) is 9.09. The summed E-state index contributed by atoms with van der Waals surface area (Å²) >= 11 is 12.8. The Morgan fingerprint density at radius 2 is 1.71 bits per heavy atom. The van der Waals surface area contributed by atoms with Crippen molar-refractivity contribution in [1.29, 1.82) is 0 Å². The van der Waals surface area contributed by atoms with Gasteiger partial charge in [0.2, 0.25) is 0 Å². The molecule has 4 rings (SSSR count). The number of nitrogen functional groups attached to an aromatic ring is 1. The van der Waals surface area contributed by atoms with Crippen molar-refractivity contribution in [2.24, 2.45) is 18.9 Å². The zero-order chi connectivity index (χ0) is 14.7. The maximum absolute atomic E-state index is 6.38. The van der Waals surface area contributed by atoms with E-state index in [0.29, 0.717) is 21.8 Å². The Hall–Kier alpha value is -1.19. The van der Waals surface area contributed by atoms with Crippen LogP contribution >= 0.6 is 23.2 Å². The third-order valence-electron chi connectivity index (χ3n) is 4.96. The van der Waals surface area contributed by atoms with Crippen LogP contribution in [0.2, 0.25) is 10.0 Å². The fraction of sp³-hybridized carbons (Fsp3) is 0.438. The predicted molar refractivity (Wildman–Crippen MR) is 86.6 cm³/mol. The minimum atomic E-state index is 0.486. The number of hydrogen-bond acceptors (Lipinski definition) is 2. The standard InChI is InChI=1S/C16H17Cl2N3/c1-21-16(19)14(13-11(17)3-2-4-12(13)18)15(20-21)10-6-8-5-9(8)7-10/h2-4,8-10H,5-7,19H2,1H3. The van der Waals surface area contributed by atoms with Crippen molar-refractivity contribution in [3.05, 3.63) is 33.9 Å². The highest BCUT2D eigenvalue weighted by Crippen LogP contribution is 2.58. The second-order valence-electron chi connectivity index (χ2n) is 6.29. The lowest BCUT2D eigenvalue weighted by molar-refractivity contribution is 0.594. The molecule has 0 bridgehead atoms. The summed E-state index contributed by atoms with van der Waals surface area (Å²) < 4.78 is 1.74. The number of aryl methyl sites for hydroxylation is 1. The molecule has 2 unspecified atom stereocenters. The molecule has 2 aliphatic carbocycles. The highest BCUT2D eigenvalue weighted by molar-refractivity contribution is 6.39. The van der Waals surface area contributed by atoms with Gasteiger partial charge in [-0.15, -0.1) is 0 Å². The number of nitrogens with zero attached hydrogens (tertiary/aromatic N) is 2. The van der Waals surface area contributed by atoms with Gasteiger partial charge in [0.1, 0.15) is 5.82 Å². The van der Waals surface area contributed by atoms with Crippen LogP contribution in [0, 0.1) is 11.8 Å². The number of rotatable bonds is 2. The van der Waals surface area contributed by atoms with E-state index in [0.717, 1.165) is 28.7 Å². The van der Waals surface area contributed by atoms with E-state index in [2.05, 4.69) is 5.10 Å². The summed E-state index contributed by atoms with van der Waals surface area (Å²) in [5.74, 6) is 2.92. The summed E-state index contributed by atoms with van der Waals surface area (Å²) in [5, 5.41) is 5.94. The monoisotopic (exact) mass is 321 g/mol. The van der Waals surface area contributed by atoms with Gasteiger partial charge in [-0.05, 0) is 43.2 Å². The maximum atomic E-state index is 6.38. The molecule has 0 radical (unpaired) electrons. The second-order valence-corrected chi connectivity index (χ2v) is 7.10. The van der Waals surface area contributed by atoms with E-state index >= 15 is 0 Å².